The zero-order valence-electron chi connectivity index (χ0n) is 14.0. The minimum absolute atomic E-state index is 0. The third-order valence-corrected chi connectivity index (χ3v) is 4.87. The Morgan fingerprint density at radius 3 is 2.30 bits per heavy atom. The van der Waals surface area contributed by atoms with Crippen LogP contribution in [-0.4, -0.2) is 0 Å². The molecule has 0 amide bonds. The van der Waals surface area contributed by atoms with Gasteiger partial charge in [0.25, 0.3) is 0 Å². The van der Waals surface area contributed by atoms with Crippen LogP contribution in [0.2, 0.25) is 0 Å². The Balaban J connectivity index is 0.00000161. The standard InChI is InChI=1S/C20H24.2ClH.Zr/c1-4-7-17-11-10-14(2)18-12-13-19(20(17)18)15(3)16-8-5-6-9-16;;;/h5-6,8-13,15-16,19H,4,7H2,1-3H3;2*1H;/q;;;+2/p-2. The van der Waals surface area contributed by atoms with E-state index in [0.717, 1.165) is 0 Å². The summed E-state index contributed by atoms with van der Waals surface area (Å²) in [4.78, 5) is 0. The normalized spacial score (nSPS) is 18.8. The Hall–Kier alpha value is -0.0969. The van der Waals surface area contributed by atoms with Gasteiger partial charge in [-0.15, -0.1) is 0 Å². The largest absolute Gasteiger partial charge is 2.00 e. The molecule has 0 N–H and O–H groups in total. The molecule has 0 radical (unpaired) electrons. The van der Waals surface area contributed by atoms with Crippen molar-refractivity contribution in [2.24, 2.45) is 11.8 Å². The van der Waals surface area contributed by atoms with Crippen molar-refractivity contribution in [1.82, 2.24) is 0 Å². The summed E-state index contributed by atoms with van der Waals surface area (Å²) in [6, 6.07) is 4.64. The molecule has 0 saturated heterocycles. The summed E-state index contributed by atoms with van der Waals surface area (Å²) in [5, 5.41) is 0. The molecule has 2 unspecified atom stereocenters. The van der Waals surface area contributed by atoms with Crippen molar-refractivity contribution >= 4 is 6.08 Å². The van der Waals surface area contributed by atoms with E-state index in [4.69, 9.17) is 0 Å². The average Bonchev–Trinajstić information content (AvgIpc) is 3.10. The zero-order chi connectivity index (χ0) is 14.1. The minimum Gasteiger partial charge on any atom is -1.00 e. The summed E-state index contributed by atoms with van der Waals surface area (Å²) in [5.41, 5.74) is 6.07. The van der Waals surface area contributed by atoms with Gasteiger partial charge in [0.2, 0.25) is 0 Å². The molecule has 0 aliphatic heterocycles. The van der Waals surface area contributed by atoms with E-state index in [-0.39, 0.29) is 51.0 Å². The maximum Gasteiger partial charge on any atom is 2.00 e. The van der Waals surface area contributed by atoms with Crippen LogP contribution >= 0.6 is 0 Å². The minimum atomic E-state index is 0. The molecule has 1 aromatic carbocycles. The van der Waals surface area contributed by atoms with E-state index in [1.807, 2.05) is 0 Å². The fraction of sp³-hybridized carbons (Fsp3) is 0.400. The molecule has 0 aromatic heterocycles. The van der Waals surface area contributed by atoms with E-state index in [1.54, 1.807) is 11.1 Å². The Labute approximate surface area is 172 Å². The third kappa shape index (κ3) is 4.50. The van der Waals surface area contributed by atoms with Gasteiger partial charge in [-0.1, -0.05) is 68.9 Å². The summed E-state index contributed by atoms with van der Waals surface area (Å²) in [6.45, 7) is 6.91. The number of benzene rings is 1. The van der Waals surface area contributed by atoms with E-state index in [2.05, 4.69) is 69.4 Å². The molecule has 122 valence electrons. The summed E-state index contributed by atoms with van der Waals surface area (Å²) < 4.78 is 0. The Morgan fingerprint density at radius 2 is 1.70 bits per heavy atom. The summed E-state index contributed by atoms with van der Waals surface area (Å²) in [6.07, 6.45) is 16.3. The molecule has 3 heteroatoms. The number of hydrogen-bond donors (Lipinski definition) is 0. The van der Waals surface area contributed by atoms with Crippen LogP contribution in [0.3, 0.4) is 0 Å². The van der Waals surface area contributed by atoms with E-state index in [1.165, 1.54) is 24.0 Å². The van der Waals surface area contributed by atoms with Gasteiger partial charge >= 0.3 is 26.2 Å². The van der Waals surface area contributed by atoms with E-state index in [9.17, 15) is 0 Å². The van der Waals surface area contributed by atoms with Gasteiger partial charge in [0, 0.05) is 5.92 Å². The first-order valence-electron chi connectivity index (χ1n) is 7.88. The zero-order valence-corrected chi connectivity index (χ0v) is 18.0. The fourth-order valence-electron chi connectivity index (χ4n) is 3.67. The van der Waals surface area contributed by atoms with Crippen LogP contribution in [0.5, 0.6) is 0 Å². The molecule has 2 atom stereocenters. The van der Waals surface area contributed by atoms with Crippen LogP contribution in [0.4, 0.5) is 0 Å². The first-order chi connectivity index (χ1) is 9.72. The maximum absolute atomic E-state index is 2.43. The van der Waals surface area contributed by atoms with E-state index < -0.39 is 0 Å². The van der Waals surface area contributed by atoms with Crippen molar-refractivity contribution in [3.05, 3.63) is 64.8 Å². The molecule has 0 saturated carbocycles. The number of rotatable bonds is 4. The number of hydrogen-bond acceptors (Lipinski definition) is 0. The van der Waals surface area contributed by atoms with Crippen molar-refractivity contribution in [2.45, 2.75) is 39.5 Å². The Kier molecular flexibility index (Phi) is 9.98. The second-order valence-electron chi connectivity index (χ2n) is 6.21. The smallest absolute Gasteiger partial charge is 1.00 e. The van der Waals surface area contributed by atoms with Crippen LogP contribution in [0.25, 0.3) is 6.08 Å². The van der Waals surface area contributed by atoms with Crippen LogP contribution in [0, 0.1) is 18.8 Å². The Bertz CT molecular complexity index is 590. The van der Waals surface area contributed by atoms with Gasteiger partial charge in [-0.2, -0.15) is 0 Å². The van der Waals surface area contributed by atoms with Crippen molar-refractivity contribution in [1.29, 1.82) is 0 Å². The quantitative estimate of drug-likeness (QED) is 0.606. The molecule has 3 rings (SSSR count). The molecule has 0 bridgehead atoms. The van der Waals surface area contributed by atoms with Crippen LogP contribution in [-0.2, 0) is 32.6 Å². The van der Waals surface area contributed by atoms with Gasteiger partial charge < -0.3 is 24.8 Å². The number of halogens is 2. The van der Waals surface area contributed by atoms with Gasteiger partial charge in [0.05, 0.1) is 0 Å². The summed E-state index contributed by atoms with van der Waals surface area (Å²) >= 11 is 0. The van der Waals surface area contributed by atoms with Crippen molar-refractivity contribution < 1.29 is 51.0 Å². The van der Waals surface area contributed by atoms with Gasteiger partial charge in [-0.25, -0.2) is 0 Å². The second-order valence-corrected chi connectivity index (χ2v) is 6.21. The number of allylic oxidation sites excluding steroid dienone is 5. The van der Waals surface area contributed by atoms with Crippen LogP contribution < -0.4 is 24.8 Å². The van der Waals surface area contributed by atoms with E-state index >= 15 is 0 Å². The molecule has 23 heavy (non-hydrogen) atoms. The molecule has 0 heterocycles. The summed E-state index contributed by atoms with van der Waals surface area (Å²) in [7, 11) is 0. The topological polar surface area (TPSA) is 0 Å². The van der Waals surface area contributed by atoms with E-state index in [0.29, 0.717) is 17.8 Å². The molecule has 0 fully saturated rings. The molecular formula is C20H24Cl2Zr. The van der Waals surface area contributed by atoms with Crippen molar-refractivity contribution in [3.63, 3.8) is 0 Å². The molecular weight excluding hydrogens is 402 g/mol. The van der Waals surface area contributed by atoms with Gasteiger partial charge in [-0.3, -0.25) is 0 Å². The maximum atomic E-state index is 2.43. The second kappa shape index (κ2) is 10.0. The van der Waals surface area contributed by atoms with Crippen molar-refractivity contribution in [2.75, 3.05) is 0 Å². The molecule has 1 aromatic rings. The average molecular weight is 427 g/mol. The van der Waals surface area contributed by atoms with Gasteiger partial charge in [-0.05, 0) is 47.4 Å². The first-order valence-corrected chi connectivity index (χ1v) is 7.88. The van der Waals surface area contributed by atoms with Crippen molar-refractivity contribution in [3.8, 4) is 0 Å². The van der Waals surface area contributed by atoms with Crippen LogP contribution in [0.1, 0.15) is 48.4 Å². The van der Waals surface area contributed by atoms with Gasteiger partial charge in [0.1, 0.15) is 0 Å². The SMILES string of the molecule is CCCc1ccc(C)c2c1C(C(C)C1C=CC=C1)C=C2.[Cl-].[Cl-].[Zr+2]. The monoisotopic (exact) mass is 424 g/mol. The first kappa shape index (κ1) is 22.9. The molecule has 0 nitrogen and oxygen atoms in total. The molecule has 2 aliphatic rings. The number of aryl methyl sites for hydroxylation is 2. The van der Waals surface area contributed by atoms with Crippen LogP contribution in [0.15, 0.2) is 42.5 Å². The summed E-state index contributed by atoms with van der Waals surface area (Å²) in [5.74, 6) is 1.80. The fourth-order valence-corrected chi connectivity index (χ4v) is 3.67. The Morgan fingerprint density at radius 1 is 1.04 bits per heavy atom. The third-order valence-electron chi connectivity index (χ3n) is 4.87. The predicted molar refractivity (Wildman–Crippen MR) is 87.9 cm³/mol. The predicted octanol–water partition coefficient (Wildman–Crippen LogP) is -0.558. The van der Waals surface area contributed by atoms with Gasteiger partial charge in [0.15, 0.2) is 0 Å². The number of fused-ring (bicyclic) bond motifs is 1. The molecule has 2 aliphatic carbocycles. The molecule has 0 spiro atoms.